The number of hydrogen-bond acceptors (Lipinski definition) is 6. The number of nitro benzene ring substituents is 1. The fourth-order valence-electron chi connectivity index (χ4n) is 4.67. The van der Waals surface area contributed by atoms with Gasteiger partial charge in [-0.05, 0) is 73.2 Å². The van der Waals surface area contributed by atoms with Gasteiger partial charge in [-0.25, -0.2) is 8.42 Å². The number of nitrogens with zero attached hydrogens (tertiary/aromatic N) is 4. The number of aromatic nitrogens is 2. The Morgan fingerprint density at radius 1 is 1.05 bits per heavy atom. The van der Waals surface area contributed by atoms with Crippen LogP contribution in [0.2, 0.25) is 0 Å². The van der Waals surface area contributed by atoms with E-state index in [9.17, 15) is 18.5 Å². The van der Waals surface area contributed by atoms with Gasteiger partial charge in [0.05, 0.1) is 34.3 Å². The number of benzene rings is 2. The van der Waals surface area contributed by atoms with Gasteiger partial charge in [0.15, 0.2) is 5.11 Å². The van der Waals surface area contributed by atoms with Crippen LogP contribution < -0.4 is 14.9 Å². The number of sulfonamides is 1. The molecule has 194 valence electrons. The van der Waals surface area contributed by atoms with Crippen LogP contribution in [0.5, 0.6) is 0 Å². The molecule has 1 saturated heterocycles. The summed E-state index contributed by atoms with van der Waals surface area (Å²) in [5.74, 6) is 0. The van der Waals surface area contributed by atoms with E-state index < -0.39 is 14.9 Å². The Morgan fingerprint density at radius 2 is 1.87 bits per heavy atom. The molecule has 0 radical (unpaired) electrons. The number of thiocarbonyl (C=S) groups is 1. The first-order valence-corrected chi connectivity index (χ1v) is 13.9. The van der Waals surface area contributed by atoms with Crippen molar-refractivity contribution < 1.29 is 13.3 Å². The van der Waals surface area contributed by atoms with Crippen molar-refractivity contribution in [3.05, 3.63) is 112 Å². The highest BCUT2D eigenvalue weighted by Gasteiger charge is 2.42. The van der Waals surface area contributed by atoms with E-state index in [2.05, 4.69) is 15.0 Å². The van der Waals surface area contributed by atoms with Crippen LogP contribution >= 0.6 is 12.2 Å². The van der Waals surface area contributed by atoms with Gasteiger partial charge in [-0.2, -0.15) is 0 Å². The average molecular weight is 549 g/mol. The first-order valence-electron chi connectivity index (χ1n) is 11.6. The van der Waals surface area contributed by atoms with Crippen LogP contribution in [-0.4, -0.2) is 34.3 Å². The van der Waals surface area contributed by atoms with Crippen LogP contribution in [0.3, 0.4) is 0 Å². The zero-order chi connectivity index (χ0) is 27.0. The molecule has 4 aromatic rings. The molecule has 2 aromatic heterocycles. The number of non-ortho nitro benzene ring substituents is 1. The predicted octanol–water partition coefficient (Wildman–Crippen LogP) is 4.64. The molecule has 0 bridgehead atoms. The van der Waals surface area contributed by atoms with Crippen molar-refractivity contribution in [3.8, 4) is 5.69 Å². The summed E-state index contributed by atoms with van der Waals surface area (Å²) in [4.78, 5) is 17.6. The molecular formula is C26H24N6O4S2. The lowest BCUT2D eigenvalue weighted by molar-refractivity contribution is -0.384. The number of anilines is 2. The molecule has 1 aliphatic rings. The van der Waals surface area contributed by atoms with Gasteiger partial charge in [0, 0.05) is 35.9 Å². The maximum Gasteiger partial charge on any atom is 0.271 e. The molecule has 10 nitrogen and oxygen atoms in total. The molecule has 0 aliphatic carbocycles. The topological polar surface area (TPSA) is 122 Å². The summed E-state index contributed by atoms with van der Waals surface area (Å²) in [7, 11) is -3.44. The van der Waals surface area contributed by atoms with Crippen molar-refractivity contribution in [1.82, 2.24) is 14.9 Å². The third-order valence-corrected chi connectivity index (χ3v) is 7.19. The molecule has 2 N–H and O–H groups in total. The maximum atomic E-state index is 11.8. The summed E-state index contributed by atoms with van der Waals surface area (Å²) in [5.41, 5.74) is 4.21. The summed E-state index contributed by atoms with van der Waals surface area (Å²) in [5, 5.41) is 15.3. The van der Waals surface area contributed by atoms with E-state index in [1.54, 1.807) is 18.3 Å². The largest absolute Gasteiger partial charge is 0.351 e. The van der Waals surface area contributed by atoms with E-state index in [0.717, 1.165) is 28.9 Å². The van der Waals surface area contributed by atoms with Crippen molar-refractivity contribution in [3.63, 3.8) is 0 Å². The average Bonchev–Trinajstić information content (AvgIpc) is 3.49. The summed E-state index contributed by atoms with van der Waals surface area (Å²) in [6.45, 7) is 1.82. The van der Waals surface area contributed by atoms with Gasteiger partial charge < -0.3 is 14.8 Å². The van der Waals surface area contributed by atoms with Gasteiger partial charge in [-0.1, -0.05) is 12.1 Å². The number of nitro groups is 1. The molecule has 38 heavy (non-hydrogen) atoms. The van der Waals surface area contributed by atoms with E-state index in [0.29, 0.717) is 16.5 Å². The second-order valence-corrected chi connectivity index (χ2v) is 11.1. The monoisotopic (exact) mass is 548 g/mol. The minimum absolute atomic E-state index is 0.00931. The molecule has 0 saturated carbocycles. The second kappa shape index (κ2) is 9.88. The number of aryl methyl sites for hydroxylation is 1. The molecule has 2 aromatic carbocycles. The lowest BCUT2D eigenvalue weighted by atomic mass is 10.0. The number of pyridine rings is 1. The summed E-state index contributed by atoms with van der Waals surface area (Å²) >= 11 is 5.81. The van der Waals surface area contributed by atoms with Gasteiger partial charge in [0.2, 0.25) is 10.0 Å². The van der Waals surface area contributed by atoms with Gasteiger partial charge in [0.25, 0.3) is 5.69 Å². The smallest absolute Gasteiger partial charge is 0.271 e. The number of nitrogens with one attached hydrogen (secondary N) is 2. The van der Waals surface area contributed by atoms with Gasteiger partial charge >= 0.3 is 0 Å². The molecule has 1 fully saturated rings. The fourth-order valence-corrected chi connectivity index (χ4v) is 5.65. The molecule has 2 atom stereocenters. The number of rotatable bonds is 7. The Labute approximate surface area is 225 Å². The quantitative estimate of drug-likeness (QED) is 0.195. The van der Waals surface area contributed by atoms with Crippen LogP contribution in [0.15, 0.2) is 85.2 Å². The zero-order valence-electron chi connectivity index (χ0n) is 20.5. The van der Waals surface area contributed by atoms with Crippen LogP contribution in [0.4, 0.5) is 17.1 Å². The van der Waals surface area contributed by atoms with Crippen molar-refractivity contribution in [1.29, 1.82) is 0 Å². The molecule has 3 heterocycles. The molecule has 0 amide bonds. The lowest BCUT2D eigenvalue weighted by Crippen LogP contribution is -2.30. The third-order valence-electron chi connectivity index (χ3n) is 6.28. The Hall–Kier alpha value is -4.29. The van der Waals surface area contributed by atoms with E-state index in [1.807, 2.05) is 71.1 Å². The van der Waals surface area contributed by atoms with Crippen molar-refractivity contribution >= 4 is 44.4 Å². The maximum absolute atomic E-state index is 11.8. The fraction of sp³-hybridized carbons (Fsp3) is 0.154. The van der Waals surface area contributed by atoms with Gasteiger partial charge in [-0.3, -0.25) is 19.8 Å². The Balaban J connectivity index is 1.64. The van der Waals surface area contributed by atoms with E-state index in [4.69, 9.17) is 12.2 Å². The highest BCUT2D eigenvalue weighted by Crippen LogP contribution is 2.43. The first-order chi connectivity index (χ1) is 18.1. The first kappa shape index (κ1) is 25.4. The highest BCUT2D eigenvalue weighted by atomic mass is 32.2. The van der Waals surface area contributed by atoms with E-state index in [1.165, 1.54) is 12.1 Å². The lowest BCUT2D eigenvalue weighted by Gasteiger charge is -2.29. The molecule has 5 rings (SSSR count). The molecular weight excluding hydrogens is 524 g/mol. The predicted molar refractivity (Wildman–Crippen MR) is 150 cm³/mol. The minimum Gasteiger partial charge on any atom is -0.351 e. The van der Waals surface area contributed by atoms with Crippen LogP contribution in [0.1, 0.15) is 29.0 Å². The number of hydrogen-bond donors (Lipinski definition) is 2. The second-order valence-electron chi connectivity index (χ2n) is 8.95. The summed E-state index contributed by atoms with van der Waals surface area (Å²) in [6.07, 6.45) is 4.68. The van der Waals surface area contributed by atoms with Crippen molar-refractivity contribution in [2.24, 2.45) is 0 Å². The Morgan fingerprint density at radius 3 is 2.55 bits per heavy atom. The zero-order valence-corrected chi connectivity index (χ0v) is 22.1. The van der Waals surface area contributed by atoms with Crippen molar-refractivity contribution in [2.45, 2.75) is 19.0 Å². The Kier molecular flexibility index (Phi) is 6.59. The summed E-state index contributed by atoms with van der Waals surface area (Å²) < 4.78 is 28.0. The normalized spacial score (nSPS) is 17.3. The van der Waals surface area contributed by atoms with Crippen LogP contribution in [0.25, 0.3) is 5.69 Å². The Bertz CT molecular complexity index is 1640. The third kappa shape index (κ3) is 4.95. The molecule has 12 heteroatoms. The van der Waals surface area contributed by atoms with Crippen LogP contribution in [0, 0.1) is 17.0 Å². The molecule has 0 spiro atoms. The minimum atomic E-state index is -3.44. The van der Waals surface area contributed by atoms with Crippen molar-refractivity contribution in [2.75, 3.05) is 15.9 Å². The van der Waals surface area contributed by atoms with Gasteiger partial charge in [0.1, 0.15) is 6.04 Å². The van der Waals surface area contributed by atoms with E-state index >= 15 is 0 Å². The van der Waals surface area contributed by atoms with Crippen LogP contribution in [-0.2, 0) is 10.0 Å². The highest BCUT2D eigenvalue weighted by molar-refractivity contribution is 7.92. The molecule has 1 aliphatic heterocycles. The molecule has 0 unspecified atom stereocenters. The summed E-state index contributed by atoms with van der Waals surface area (Å²) in [6, 6.07) is 20.6. The van der Waals surface area contributed by atoms with E-state index in [-0.39, 0.29) is 17.8 Å². The standard InChI is InChI=1S/C26H24N6O4S2/c1-17-15-19(11-12-21(17)29-38(2,35)36)31-25(24(28-26(31)37)22-9-3-4-13-27-22)23-10-6-14-30(23)18-7-5-8-20(16-18)32(33)34/h3-16,24-25,29H,1-2H3,(H,28,37)/t24-,25-/m1/s1. The van der Waals surface area contributed by atoms with Gasteiger partial charge in [-0.15, -0.1) is 0 Å². The SMILES string of the molecule is Cc1cc(N2C(=S)N[C@H](c3ccccn3)[C@H]2c2cccn2-c2cccc([N+](=O)[O-])c2)ccc1NS(C)(=O)=O.